The number of phosphoric acid groups is 1. The lowest BCUT2D eigenvalue weighted by atomic mass is 9.60. The number of rotatable bonds is 6. The molecule has 2 aromatic rings. The number of alkyl halides is 1. The maximum Gasteiger partial charge on any atom is 0.529 e. The van der Waals surface area contributed by atoms with E-state index in [0.717, 1.165) is 6.20 Å². The summed E-state index contributed by atoms with van der Waals surface area (Å²) in [4.78, 5) is 25.9. The Kier molecular flexibility index (Phi) is 6.36. The van der Waals surface area contributed by atoms with Gasteiger partial charge in [-0.25, -0.2) is 13.8 Å². The van der Waals surface area contributed by atoms with E-state index in [1.807, 2.05) is 4.98 Å². The predicted octanol–water partition coefficient (Wildman–Crippen LogP) is -1.01. The lowest BCUT2D eigenvalue weighted by Gasteiger charge is -2.41. The van der Waals surface area contributed by atoms with E-state index >= 15 is 4.39 Å². The van der Waals surface area contributed by atoms with Crippen molar-refractivity contribution in [3.63, 3.8) is 0 Å². The Bertz CT molecular complexity index is 1310. The van der Waals surface area contributed by atoms with Crippen molar-refractivity contribution in [1.29, 1.82) is 0 Å². The molecule has 3 heterocycles. The van der Waals surface area contributed by atoms with Gasteiger partial charge in [0.25, 0.3) is 5.56 Å². The van der Waals surface area contributed by atoms with Crippen LogP contribution in [0.3, 0.4) is 0 Å². The fourth-order valence-corrected chi connectivity index (χ4v) is 5.00. The van der Waals surface area contributed by atoms with Crippen LogP contribution in [0.25, 0.3) is 0 Å². The standard InChI is InChI=1S/C18H17B3FN2O10P/c1-30-11-4-2-3-9-8-31-35(29,32-13(9)11)34-18(20,21)16(22)5-12(26)17(19,33-16)24-6-10(7-25)14(27)23-15(24)28/h2-4,6,12,25-26H,5,7-8H2,1H3,(H,23,27,28)/t12-,16+,17+,35?/m1/s1. The summed E-state index contributed by atoms with van der Waals surface area (Å²) in [5.41, 5.74) is -4.71. The summed E-state index contributed by atoms with van der Waals surface area (Å²) < 4.78 is 55.2. The fraction of sp³-hybridized carbons (Fsp3) is 0.444. The number of methoxy groups -OCH3 is 1. The zero-order valence-electron chi connectivity index (χ0n) is 18.2. The van der Waals surface area contributed by atoms with Gasteiger partial charge in [-0.1, -0.05) is 12.1 Å². The van der Waals surface area contributed by atoms with E-state index in [9.17, 15) is 24.4 Å². The average molecular weight is 504 g/mol. The second-order valence-electron chi connectivity index (χ2n) is 7.89. The largest absolute Gasteiger partial charge is 0.529 e. The lowest BCUT2D eigenvalue weighted by molar-refractivity contribution is -0.219. The van der Waals surface area contributed by atoms with Crippen LogP contribution in [0.2, 0.25) is 0 Å². The average Bonchev–Trinajstić information content (AvgIpc) is 3.03. The summed E-state index contributed by atoms with van der Waals surface area (Å²) in [5, 5.41) is 16.7. The number of benzene rings is 1. The predicted molar refractivity (Wildman–Crippen MR) is 118 cm³/mol. The van der Waals surface area contributed by atoms with Gasteiger partial charge in [-0.2, -0.15) is 0 Å². The van der Waals surface area contributed by atoms with Gasteiger partial charge in [0.2, 0.25) is 5.85 Å². The Hall–Kier alpha value is -2.35. The van der Waals surface area contributed by atoms with Gasteiger partial charge >= 0.3 is 13.5 Å². The van der Waals surface area contributed by atoms with E-state index in [4.69, 9.17) is 46.6 Å². The number of fused-ring (bicyclic) bond motifs is 1. The molecule has 1 unspecified atom stereocenters. The minimum Gasteiger partial charge on any atom is -0.493 e. The minimum absolute atomic E-state index is 0.00911. The number of para-hydroxylation sites is 1. The van der Waals surface area contributed by atoms with Gasteiger partial charge in [0.05, 0.1) is 37.4 Å². The molecule has 12 nitrogen and oxygen atoms in total. The van der Waals surface area contributed by atoms with Crippen molar-refractivity contribution in [2.45, 2.75) is 42.6 Å². The number of aromatic amines is 1. The summed E-state index contributed by atoms with van der Waals surface area (Å²) >= 11 is 0. The monoisotopic (exact) mass is 504 g/mol. The van der Waals surface area contributed by atoms with Gasteiger partial charge in [0, 0.05) is 18.2 Å². The van der Waals surface area contributed by atoms with Crippen molar-refractivity contribution < 1.29 is 42.2 Å². The van der Waals surface area contributed by atoms with E-state index in [1.165, 1.54) is 13.2 Å². The van der Waals surface area contributed by atoms with Crippen molar-refractivity contribution >= 4 is 31.4 Å². The highest BCUT2D eigenvalue weighted by molar-refractivity contribution is 7.49. The number of aliphatic hydroxyl groups is 2. The van der Waals surface area contributed by atoms with Gasteiger partial charge in [-0.3, -0.25) is 23.4 Å². The Morgan fingerprint density at radius 2 is 2.11 bits per heavy atom. The number of nitrogens with zero attached hydrogens (tertiary/aromatic N) is 1. The molecule has 180 valence electrons. The number of nitrogens with one attached hydrogen (secondary N) is 1. The van der Waals surface area contributed by atoms with Crippen LogP contribution in [0.1, 0.15) is 17.5 Å². The van der Waals surface area contributed by atoms with E-state index in [-0.39, 0.29) is 23.7 Å². The maximum absolute atomic E-state index is 16.0. The van der Waals surface area contributed by atoms with Crippen molar-refractivity contribution in [1.82, 2.24) is 9.55 Å². The molecule has 3 N–H and O–H groups in total. The van der Waals surface area contributed by atoms with Gasteiger partial charge in [-0.15, -0.1) is 0 Å². The van der Waals surface area contributed by atoms with E-state index in [0.29, 0.717) is 10.1 Å². The van der Waals surface area contributed by atoms with Crippen LogP contribution in [0.15, 0.2) is 34.0 Å². The number of halogens is 1. The summed E-state index contributed by atoms with van der Waals surface area (Å²) in [6, 6.07) is 4.73. The summed E-state index contributed by atoms with van der Waals surface area (Å²) in [5.74, 6) is -3.21. The summed E-state index contributed by atoms with van der Waals surface area (Å²) in [6.07, 6.45) is -2.30. The van der Waals surface area contributed by atoms with Crippen LogP contribution >= 0.6 is 7.82 Å². The third-order valence-corrected chi connectivity index (χ3v) is 6.91. The van der Waals surface area contributed by atoms with Crippen LogP contribution in [0.4, 0.5) is 4.39 Å². The third-order valence-electron chi connectivity index (χ3n) is 5.53. The Morgan fingerprint density at radius 3 is 2.77 bits per heavy atom. The molecule has 4 rings (SSSR count). The second kappa shape index (κ2) is 8.65. The molecule has 6 radical (unpaired) electrons. The number of hydrogen-bond acceptors (Lipinski definition) is 10. The molecule has 0 bridgehead atoms. The maximum atomic E-state index is 16.0. The number of phosphoric ester groups is 1. The first kappa shape index (κ1) is 25.7. The van der Waals surface area contributed by atoms with Crippen LogP contribution in [0, 0.1) is 0 Å². The van der Waals surface area contributed by atoms with E-state index in [2.05, 4.69) is 0 Å². The van der Waals surface area contributed by atoms with Gasteiger partial charge in [0.15, 0.2) is 11.5 Å². The first-order valence-electron chi connectivity index (χ1n) is 9.98. The first-order valence-corrected chi connectivity index (χ1v) is 11.4. The molecule has 1 aromatic carbocycles. The molecule has 1 aromatic heterocycles. The molecule has 0 saturated carbocycles. The number of aromatic nitrogens is 2. The Balaban J connectivity index is 1.64. The van der Waals surface area contributed by atoms with Gasteiger partial charge in [0.1, 0.15) is 29.2 Å². The third kappa shape index (κ3) is 4.28. The Morgan fingerprint density at radius 1 is 1.40 bits per heavy atom. The molecule has 35 heavy (non-hydrogen) atoms. The zero-order chi connectivity index (χ0) is 25.8. The second-order valence-corrected chi connectivity index (χ2v) is 9.41. The molecule has 0 amide bonds. The highest BCUT2D eigenvalue weighted by Crippen LogP contribution is 2.60. The number of aliphatic hydroxyl groups excluding tert-OH is 2. The summed E-state index contributed by atoms with van der Waals surface area (Å²) in [7, 11) is 14.2. The minimum atomic E-state index is -4.69. The number of ether oxygens (including phenoxy) is 2. The van der Waals surface area contributed by atoms with Crippen LogP contribution in [-0.4, -0.2) is 67.8 Å². The SMILES string of the molecule is [B]C([B])(OP1(=O)OCc2cccc(OC)c2O1)[C@]1(F)C[C@@H](O)[C@]([B])(n2cc(CO)c(=O)[nH]c2=O)O1. The molecule has 1 saturated heterocycles. The van der Waals surface area contributed by atoms with Crippen molar-refractivity contribution in [2.24, 2.45) is 0 Å². The Labute approximate surface area is 201 Å². The van der Waals surface area contributed by atoms with Crippen molar-refractivity contribution in [2.75, 3.05) is 7.11 Å². The quantitative estimate of drug-likeness (QED) is 0.329. The molecule has 2 aliphatic rings. The van der Waals surface area contributed by atoms with Crippen molar-refractivity contribution in [3.8, 4) is 11.5 Å². The number of hydrogen-bond donors (Lipinski definition) is 3. The highest BCUT2D eigenvalue weighted by Gasteiger charge is 2.63. The van der Waals surface area contributed by atoms with Gasteiger partial charge in [-0.05, 0) is 6.07 Å². The lowest BCUT2D eigenvalue weighted by Crippen LogP contribution is -2.56. The van der Waals surface area contributed by atoms with Crippen LogP contribution in [0.5, 0.6) is 11.5 Å². The first-order chi connectivity index (χ1) is 16.3. The molecule has 0 aliphatic carbocycles. The molecular formula is C18H17B3FN2O10P. The molecule has 2 aliphatic heterocycles. The normalized spacial score (nSPS) is 30.5. The molecule has 4 atom stereocenters. The van der Waals surface area contributed by atoms with E-state index < -0.39 is 55.1 Å². The summed E-state index contributed by atoms with van der Waals surface area (Å²) in [6.45, 7) is -1.10. The zero-order valence-corrected chi connectivity index (χ0v) is 19.1. The fourth-order valence-electron chi connectivity index (χ4n) is 3.62. The van der Waals surface area contributed by atoms with E-state index in [1.54, 1.807) is 12.1 Å². The molecule has 17 heteroatoms. The molecule has 0 spiro atoms. The van der Waals surface area contributed by atoms with Crippen molar-refractivity contribution in [3.05, 3.63) is 56.4 Å². The molecular weight excluding hydrogens is 487 g/mol. The molecule has 1 fully saturated rings. The van der Waals surface area contributed by atoms with Crippen LogP contribution in [-0.2, 0) is 37.2 Å². The smallest absolute Gasteiger partial charge is 0.493 e. The van der Waals surface area contributed by atoms with Crippen LogP contribution < -0.4 is 20.5 Å². The highest BCUT2D eigenvalue weighted by atomic mass is 31.2. The van der Waals surface area contributed by atoms with Gasteiger partial charge < -0.3 is 24.2 Å². The number of H-pyrrole nitrogens is 1. The topological polar surface area (TPSA) is 159 Å².